The number of rotatable bonds is 15. The number of terminal acetylenes is 1. The molecule has 1 aromatic rings. The standard InChI is InChI=1S/C33H48N4O6S/c1-2-10-28(33(41)36-29(22-25-13-7-4-8-14-25)31(39)30(38)26-15-16-26)35-32(40)27(21-24-11-5-3-6-12-24)23-44(42,43)37-19-9-17-34-18-20-37/h1,3,5-6,11-12,17,25-31,38-39H,4,7-10,13-16,18-23H2,(H,35,40)(H,36,41)/t27-,28+,29+,30+,31-/m1/s1. The highest BCUT2D eigenvalue weighted by atomic mass is 32.2. The van der Waals surface area contributed by atoms with Crippen molar-refractivity contribution < 1.29 is 28.2 Å². The second kappa shape index (κ2) is 16.5. The molecule has 1 heterocycles. The first kappa shape index (κ1) is 34.1. The fourth-order valence-corrected chi connectivity index (χ4v) is 8.08. The minimum atomic E-state index is -3.81. The quantitative estimate of drug-likeness (QED) is 0.219. The summed E-state index contributed by atoms with van der Waals surface area (Å²) in [4.78, 5) is 31.6. The van der Waals surface area contributed by atoms with Crippen molar-refractivity contribution in [3.05, 3.63) is 35.9 Å². The third-order valence-corrected chi connectivity index (χ3v) is 11.1. The van der Waals surface area contributed by atoms with Crippen LogP contribution in [-0.4, -0.2) is 90.6 Å². The Balaban J connectivity index is 1.49. The number of sulfonamides is 1. The summed E-state index contributed by atoms with van der Waals surface area (Å²) in [5.41, 5.74) is 0.796. The summed E-state index contributed by atoms with van der Waals surface area (Å²) in [6.07, 6.45) is 13.4. The number of nitrogens with one attached hydrogen (secondary N) is 2. The van der Waals surface area contributed by atoms with Crippen LogP contribution in [0, 0.1) is 30.1 Å². The molecule has 1 aliphatic heterocycles. The van der Waals surface area contributed by atoms with E-state index in [4.69, 9.17) is 6.42 Å². The van der Waals surface area contributed by atoms with Crippen LogP contribution in [0.3, 0.4) is 0 Å². The van der Waals surface area contributed by atoms with Crippen LogP contribution in [0.1, 0.15) is 69.8 Å². The normalized spacial score (nSPS) is 21.7. The first-order valence-corrected chi connectivity index (χ1v) is 17.7. The monoisotopic (exact) mass is 628 g/mol. The maximum atomic E-state index is 13.8. The van der Waals surface area contributed by atoms with E-state index in [2.05, 4.69) is 21.5 Å². The minimum absolute atomic E-state index is 0.0217. The van der Waals surface area contributed by atoms with E-state index in [1.807, 2.05) is 30.3 Å². The molecule has 2 saturated carbocycles. The van der Waals surface area contributed by atoms with Crippen LogP contribution < -0.4 is 10.6 Å². The molecule has 0 radical (unpaired) electrons. The van der Waals surface area contributed by atoms with Crippen LogP contribution in [0.15, 0.2) is 35.3 Å². The molecule has 3 aliphatic rings. The van der Waals surface area contributed by atoms with Crippen molar-refractivity contribution in [3.63, 3.8) is 0 Å². The van der Waals surface area contributed by atoms with Crippen molar-refractivity contribution in [2.75, 3.05) is 25.4 Å². The number of aliphatic hydroxyl groups is 2. The molecule has 5 atom stereocenters. The van der Waals surface area contributed by atoms with Crippen molar-refractivity contribution in [1.82, 2.24) is 14.9 Å². The van der Waals surface area contributed by atoms with E-state index >= 15 is 0 Å². The molecule has 4 N–H and O–H groups in total. The highest BCUT2D eigenvalue weighted by Crippen LogP contribution is 2.36. The number of carbonyl (C=O) groups excluding carboxylic acids is 2. The van der Waals surface area contributed by atoms with Gasteiger partial charge in [-0.2, -0.15) is 4.31 Å². The van der Waals surface area contributed by atoms with E-state index in [0.29, 0.717) is 31.8 Å². The van der Waals surface area contributed by atoms with Gasteiger partial charge in [0, 0.05) is 25.7 Å². The molecule has 0 unspecified atom stereocenters. The predicted octanol–water partition coefficient (Wildman–Crippen LogP) is 2.05. The Hall–Kier alpha value is -2.78. The van der Waals surface area contributed by atoms with Gasteiger partial charge in [-0.3, -0.25) is 14.6 Å². The molecule has 4 rings (SSSR count). The predicted molar refractivity (Wildman–Crippen MR) is 170 cm³/mol. The van der Waals surface area contributed by atoms with Gasteiger partial charge in [-0.05, 0) is 49.5 Å². The second-order valence-electron chi connectivity index (χ2n) is 12.6. The first-order chi connectivity index (χ1) is 21.2. The fraction of sp³-hybridized carbons (Fsp3) is 0.667. The van der Waals surface area contributed by atoms with Crippen LogP contribution in [0.2, 0.25) is 0 Å². The lowest BCUT2D eigenvalue weighted by Gasteiger charge is -2.33. The molecule has 0 bridgehead atoms. The van der Waals surface area contributed by atoms with Gasteiger partial charge in [-0.1, -0.05) is 62.4 Å². The molecule has 1 aromatic carbocycles. The van der Waals surface area contributed by atoms with E-state index in [-0.39, 0.29) is 25.3 Å². The summed E-state index contributed by atoms with van der Waals surface area (Å²) in [6.45, 7) is 0.908. The smallest absolute Gasteiger partial charge is 0.243 e. The molecular formula is C33H48N4O6S. The summed E-state index contributed by atoms with van der Waals surface area (Å²) in [7, 11) is -3.81. The third kappa shape index (κ3) is 10.1. The Labute approximate surface area is 262 Å². The number of aliphatic hydroxyl groups excluding tert-OH is 2. The minimum Gasteiger partial charge on any atom is -0.390 e. The van der Waals surface area contributed by atoms with Gasteiger partial charge in [0.15, 0.2) is 0 Å². The molecule has 11 heteroatoms. The maximum Gasteiger partial charge on any atom is 0.243 e. The van der Waals surface area contributed by atoms with Crippen LogP contribution in [0.25, 0.3) is 0 Å². The fourth-order valence-electron chi connectivity index (χ4n) is 6.35. The first-order valence-electron chi connectivity index (χ1n) is 16.1. The molecule has 0 saturated heterocycles. The molecule has 0 aromatic heterocycles. The number of hydrogen-bond acceptors (Lipinski definition) is 7. The van der Waals surface area contributed by atoms with Crippen molar-refractivity contribution in [2.45, 2.75) is 94.9 Å². The number of amides is 2. The van der Waals surface area contributed by atoms with Gasteiger partial charge >= 0.3 is 0 Å². The number of carbonyl (C=O) groups is 2. The Kier molecular flexibility index (Phi) is 12.8. The molecule has 2 fully saturated rings. The van der Waals surface area contributed by atoms with Crippen molar-refractivity contribution >= 4 is 28.1 Å². The third-order valence-electron chi connectivity index (χ3n) is 9.08. The van der Waals surface area contributed by atoms with Crippen molar-refractivity contribution in [1.29, 1.82) is 0 Å². The Bertz CT molecular complexity index is 1250. The number of nitrogens with zero attached hydrogens (tertiary/aromatic N) is 2. The maximum absolute atomic E-state index is 13.8. The van der Waals surface area contributed by atoms with E-state index in [0.717, 1.165) is 44.1 Å². The van der Waals surface area contributed by atoms with E-state index in [9.17, 15) is 28.2 Å². The van der Waals surface area contributed by atoms with Gasteiger partial charge < -0.3 is 20.8 Å². The molecule has 44 heavy (non-hydrogen) atoms. The lowest BCUT2D eigenvalue weighted by Crippen LogP contribution is -2.56. The molecule has 0 spiro atoms. The van der Waals surface area contributed by atoms with E-state index in [1.54, 1.807) is 6.21 Å². The van der Waals surface area contributed by atoms with Gasteiger partial charge in [-0.25, -0.2) is 8.42 Å². The van der Waals surface area contributed by atoms with E-state index in [1.165, 1.54) is 10.7 Å². The van der Waals surface area contributed by atoms with Gasteiger partial charge in [0.2, 0.25) is 21.8 Å². The molecule has 242 valence electrons. The average Bonchev–Trinajstić information content (AvgIpc) is 3.88. The summed E-state index contributed by atoms with van der Waals surface area (Å²) in [5.74, 6) is 0.271. The van der Waals surface area contributed by atoms with Crippen LogP contribution in [0.4, 0.5) is 0 Å². The Morgan fingerprint density at radius 2 is 1.75 bits per heavy atom. The van der Waals surface area contributed by atoms with Gasteiger partial charge in [-0.15, -0.1) is 12.3 Å². The summed E-state index contributed by atoms with van der Waals surface area (Å²) in [5, 5.41) is 27.5. The Morgan fingerprint density at radius 3 is 2.43 bits per heavy atom. The number of hydrogen-bond donors (Lipinski definition) is 4. The van der Waals surface area contributed by atoms with Gasteiger partial charge in [0.1, 0.15) is 12.1 Å². The number of aliphatic imine (C=N–C) groups is 1. The Morgan fingerprint density at radius 1 is 1.02 bits per heavy atom. The van der Waals surface area contributed by atoms with Crippen LogP contribution in [-0.2, 0) is 26.0 Å². The molecule has 2 amide bonds. The van der Waals surface area contributed by atoms with Gasteiger partial charge in [0.05, 0.1) is 30.4 Å². The topological polar surface area (TPSA) is 148 Å². The second-order valence-corrected chi connectivity index (χ2v) is 14.6. The van der Waals surface area contributed by atoms with Crippen molar-refractivity contribution in [3.8, 4) is 12.3 Å². The van der Waals surface area contributed by atoms with E-state index < -0.39 is 57.8 Å². The average molecular weight is 629 g/mol. The SMILES string of the molecule is C#CC[C@H](NC(=O)[C@H](Cc1ccccc1)CS(=O)(=O)N1CCC=NCC1)C(=O)N[C@@H](CC1CCCCC1)[C@@H](O)[C@@H](O)C1CC1. The highest BCUT2D eigenvalue weighted by Gasteiger charge is 2.40. The molecule has 2 aliphatic carbocycles. The van der Waals surface area contributed by atoms with Gasteiger partial charge in [0.25, 0.3) is 0 Å². The summed E-state index contributed by atoms with van der Waals surface area (Å²) in [6, 6.07) is 7.35. The van der Waals surface area contributed by atoms with Crippen LogP contribution in [0.5, 0.6) is 0 Å². The molecule has 10 nitrogen and oxygen atoms in total. The summed E-state index contributed by atoms with van der Waals surface area (Å²) < 4.78 is 28.3. The zero-order valence-electron chi connectivity index (χ0n) is 25.5. The zero-order chi connectivity index (χ0) is 31.5. The van der Waals surface area contributed by atoms with Crippen molar-refractivity contribution in [2.24, 2.45) is 22.7 Å². The molecular weight excluding hydrogens is 580 g/mol. The highest BCUT2D eigenvalue weighted by molar-refractivity contribution is 7.89. The lowest BCUT2D eigenvalue weighted by atomic mass is 9.82. The largest absolute Gasteiger partial charge is 0.390 e. The summed E-state index contributed by atoms with van der Waals surface area (Å²) >= 11 is 0. The zero-order valence-corrected chi connectivity index (χ0v) is 26.3. The lowest BCUT2D eigenvalue weighted by molar-refractivity contribution is -0.132. The van der Waals surface area contributed by atoms with Crippen LogP contribution >= 0.6 is 0 Å². The number of benzene rings is 1.